The number of halogens is 1. The van der Waals surface area contributed by atoms with E-state index in [2.05, 4.69) is 10.6 Å². The van der Waals surface area contributed by atoms with Crippen LogP contribution in [0.4, 0.5) is 0 Å². The molecule has 0 spiro atoms. The summed E-state index contributed by atoms with van der Waals surface area (Å²) in [7, 11) is 1.60. The van der Waals surface area contributed by atoms with E-state index in [0.29, 0.717) is 31.4 Å². The van der Waals surface area contributed by atoms with Gasteiger partial charge in [0.2, 0.25) is 0 Å². The number of nitrogens with zero attached hydrogens (tertiary/aromatic N) is 3. The molecule has 7 nitrogen and oxygen atoms in total. The van der Waals surface area contributed by atoms with Gasteiger partial charge >= 0.3 is 5.97 Å². The van der Waals surface area contributed by atoms with Crippen LogP contribution < -0.4 is 19.6 Å². The molecule has 0 radical (unpaired) electrons. The van der Waals surface area contributed by atoms with E-state index in [4.69, 9.17) is 26.1 Å². The van der Waals surface area contributed by atoms with Crippen molar-refractivity contribution in [1.82, 2.24) is 9.13 Å². The maximum atomic E-state index is 14.3. The zero-order valence-corrected chi connectivity index (χ0v) is 26.3. The second-order valence-electron chi connectivity index (χ2n) is 10.3. The van der Waals surface area contributed by atoms with E-state index >= 15 is 0 Å². The fourth-order valence-corrected chi connectivity index (χ4v) is 6.72. The summed E-state index contributed by atoms with van der Waals surface area (Å²) in [6.07, 6.45) is 1.90. The Bertz CT molecular complexity index is 2070. The molecule has 1 atom stereocenters. The molecule has 0 saturated carbocycles. The minimum absolute atomic E-state index is 0.188. The maximum Gasteiger partial charge on any atom is 0.338 e. The molecule has 1 aliphatic rings. The van der Waals surface area contributed by atoms with Crippen LogP contribution in [0.3, 0.4) is 0 Å². The number of carbonyl (C=O) groups excluding carboxylic acids is 1. The minimum Gasteiger partial charge on any atom is -0.497 e. The van der Waals surface area contributed by atoms with Crippen LogP contribution in [0, 0.1) is 13.8 Å². The lowest BCUT2D eigenvalue weighted by atomic mass is 9.93. The highest BCUT2D eigenvalue weighted by atomic mass is 35.5. The number of benzene rings is 3. The molecule has 0 aliphatic carbocycles. The molecule has 2 aromatic heterocycles. The van der Waals surface area contributed by atoms with E-state index in [-0.39, 0.29) is 12.2 Å². The van der Waals surface area contributed by atoms with Gasteiger partial charge in [0.15, 0.2) is 4.80 Å². The predicted octanol–water partition coefficient (Wildman–Crippen LogP) is 6.01. The van der Waals surface area contributed by atoms with E-state index in [1.807, 2.05) is 98.8 Å². The number of methoxy groups -OCH3 is 1. The Balaban J connectivity index is 1.59. The quantitative estimate of drug-likeness (QED) is 0.208. The molecule has 0 saturated heterocycles. The van der Waals surface area contributed by atoms with Crippen LogP contribution in [-0.4, -0.2) is 28.8 Å². The van der Waals surface area contributed by atoms with Gasteiger partial charge in [-0.15, -0.1) is 0 Å². The van der Waals surface area contributed by atoms with Gasteiger partial charge in [-0.25, -0.2) is 9.79 Å². The Labute approximate surface area is 263 Å². The number of ether oxygens (including phenoxy) is 2. The first kappa shape index (κ1) is 29.4. The lowest BCUT2D eigenvalue weighted by Crippen LogP contribution is -2.40. The van der Waals surface area contributed by atoms with Gasteiger partial charge in [0, 0.05) is 27.7 Å². The number of hydrogen-bond acceptors (Lipinski definition) is 6. The predicted molar refractivity (Wildman–Crippen MR) is 174 cm³/mol. The Hall–Kier alpha value is -4.66. The highest BCUT2D eigenvalue weighted by molar-refractivity contribution is 7.07. The monoisotopic (exact) mass is 623 g/mol. The number of carbonyl (C=O) groups is 1. The summed E-state index contributed by atoms with van der Waals surface area (Å²) >= 11 is 7.43. The Morgan fingerprint density at radius 2 is 1.73 bits per heavy atom. The number of esters is 1. The Kier molecular flexibility index (Phi) is 8.12. The zero-order valence-electron chi connectivity index (χ0n) is 24.7. The van der Waals surface area contributed by atoms with Gasteiger partial charge in [-0.3, -0.25) is 9.36 Å². The highest BCUT2D eigenvalue weighted by Crippen LogP contribution is 2.35. The van der Waals surface area contributed by atoms with Crippen molar-refractivity contribution in [3.63, 3.8) is 0 Å². The summed E-state index contributed by atoms with van der Waals surface area (Å²) in [5, 5.41) is 0.668. The summed E-state index contributed by atoms with van der Waals surface area (Å²) in [6.45, 7) is 6.01. The molecule has 3 heterocycles. The van der Waals surface area contributed by atoms with Gasteiger partial charge in [0.05, 0.1) is 35.6 Å². The van der Waals surface area contributed by atoms with Crippen molar-refractivity contribution in [2.24, 2.45) is 4.99 Å². The second kappa shape index (κ2) is 12.1. The van der Waals surface area contributed by atoms with Crippen molar-refractivity contribution in [3.05, 3.63) is 143 Å². The van der Waals surface area contributed by atoms with E-state index < -0.39 is 12.0 Å². The average Bonchev–Trinajstić information content (AvgIpc) is 3.50. The molecule has 1 aliphatic heterocycles. The van der Waals surface area contributed by atoms with Crippen LogP contribution in [0.2, 0.25) is 5.02 Å². The third-order valence-corrected chi connectivity index (χ3v) is 8.88. The van der Waals surface area contributed by atoms with Crippen molar-refractivity contribution >= 4 is 40.7 Å². The van der Waals surface area contributed by atoms with E-state index in [0.717, 1.165) is 33.8 Å². The Morgan fingerprint density at radius 3 is 2.39 bits per heavy atom. The molecule has 0 amide bonds. The van der Waals surface area contributed by atoms with Crippen LogP contribution in [0.15, 0.2) is 100 Å². The molecule has 6 rings (SSSR count). The lowest BCUT2D eigenvalue weighted by molar-refractivity contribution is -0.138. The summed E-state index contributed by atoms with van der Waals surface area (Å²) in [4.78, 5) is 33.4. The topological polar surface area (TPSA) is 74.8 Å². The molecular formula is C35H30ClN3O4S. The van der Waals surface area contributed by atoms with Gasteiger partial charge in [-0.05, 0) is 80.4 Å². The van der Waals surface area contributed by atoms with E-state index in [9.17, 15) is 9.59 Å². The highest BCUT2D eigenvalue weighted by Gasteiger charge is 2.35. The third-order valence-electron chi connectivity index (χ3n) is 7.65. The number of aryl methyl sites for hydroxylation is 1. The van der Waals surface area contributed by atoms with Crippen molar-refractivity contribution in [1.29, 1.82) is 0 Å². The molecule has 3 aromatic carbocycles. The molecule has 0 unspecified atom stereocenters. The molecule has 0 fully saturated rings. The number of aromatic nitrogens is 2. The normalized spacial score (nSPS) is 14.8. The number of thiazole rings is 1. The van der Waals surface area contributed by atoms with Gasteiger partial charge in [-0.2, -0.15) is 0 Å². The molecule has 0 bridgehead atoms. The first-order chi connectivity index (χ1) is 21.3. The smallest absolute Gasteiger partial charge is 0.338 e. The SMILES string of the molecule is CCOC(=O)C1=C(c2ccccc2)N=c2s/c(=C\c3cc(C)n(-c4ccc(Cl)cc4)c3C)c(=O)n2[C@@H]1c1ccc(OC)cc1. The van der Waals surface area contributed by atoms with E-state index in [1.54, 1.807) is 18.6 Å². The Morgan fingerprint density at radius 1 is 1.02 bits per heavy atom. The maximum absolute atomic E-state index is 14.3. The summed E-state index contributed by atoms with van der Waals surface area (Å²) in [5.74, 6) is 0.152. The molecule has 5 aromatic rings. The summed E-state index contributed by atoms with van der Waals surface area (Å²) in [6, 6.07) is 25.9. The molecule has 44 heavy (non-hydrogen) atoms. The fraction of sp³-hybridized carbons (Fsp3) is 0.171. The van der Waals surface area contributed by atoms with Crippen molar-refractivity contribution in [3.8, 4) is 11.4 Å². The number of rotatable bonds is 7. The number of hydrogen-bond donors (Lipinski definition) is 0. The van der Waals surface area contributed by atoms with Crippen LogP contribution >= 0.6 is 22.9 Å². The fourth-order valence-electron chi connectivity index (χ4n) is 5.60. The third kappa shape index (κ3) is 5.31. The lowest BCUT2D eigenvalue weighted by Gasteiger charge is -2.26. The van der Waals surface area contributed by atoms with Gasteiger partial charge in [0.25, 0.3) is 5.56 Å². The van der Waals surface area contributed by atoms with Gasteiger partial charge in [-0.1, -0.05) is 65.4 Å². The molecule has 222 valence electrons. The average molecular weight is 624 g/mol. The summed E-state index contributed by atoms with van der Waals surface area (Å²) in [5.41, 5.74) is 5.97. The first-order valence-electron chi connectivity index (χ1n) is 14.2. The van der Waals surface area contributed by atoms with Gasteiger partial charge < -0.3 is 14.0 Å². The second-order valence-corrected chi connectivity index (χ2v) is 11.8. The van der Waals surface area contributed by atoms with E-state index in [1.165, 1.54) is 11.3 Å². The van der Waals surface area contributed by atoms with Crippen LogP contribution in [0.5, 0.6) is 5.75 Å². The zero-order chi connectivity index (χ0) is 31.0. The number of fused-ring (bicyclic) bond motifs is 1. The van der Waals surface area contributed by atoms with Crippen molar-refractivity contribution < 1.29 is 14.3 Å². The molecule has 9 heteroatoms. The van der Waals surface area contributed by atoms with Crippen LogP contribution in [0.25, 0.3) is 17.5 Å². The standard InChI is InChI=1S/C35H30ClN3O4S/c1-5-43-34(41)30-31(23-9-7-6-8-10-23)37-35-39(32(30)24-11-17-28(42-4)18-12-24)33(40)29(44-35)20-25-19-21(2)38(22(25)3)27-15-13-26(36)14-16-27/h6-20,32H,5H2,1-4H3/b29-20-/t32-/m1/s1. The first-order valence-corrected chi connectivity index (χ1v) is 15.4. The van der Waals surface area contributed by atoms with Crippen molar-refractivity contribution in [2.75, 3.05) is 13.7 Å². The van der Waals surface area contributed by atoms with Crippen molar-refractivity contribution in [2.45, 2.75) is 26.8 Å². The summed E-state index contributed by atoms with van der Waals surface area (Å²) < 4.78 is 15.2. The van der Waals surface area contributed by atoms with Gasteiger partial charge in [0.1, 0.15) is 5.75 Å². The molecular weight excluding hydrogens is 594 g/mol. The minimum atomic E-state index is -0.755. The largest absolute Gasteiger partial charge is 0.497 e. The van der Waals surface area contributed by atoms with Crippen LogP contribution in [0.1, 0.15) is 41.0 Å². The van der Waals surface area contributed by atoms with Crippen LogP contribution in [-0.2, 0) is 9.53 Å². The molecule has 0 N–H and O–H groups in total.